The van der Waals surface area contributed by atoms with E-state index in [2.05, 4.69) is 10.3 Å². The molecule has 1 fully saturated rings. The van der Waals surface area contributed by atoms with Gasteiger partial charge in [0.15, 0.2) is 5.17 Å². The fraction of sp³-hybridized carbons (Fsp3) is 0.200. The van der Waals surface area contributed by atoms with Crippen molar-refractivity contribution in [3.05, 3.63) is 60.2 Å². The first-order valence-electron chi connectivity index (χ1n) is 8.73. The minimum Gasteiger partial charge on any atom is -0.478 e. The SMILES string of the molecule is CCN=C(Nc1ccccc1)SC1CC(=O)N(c2ccc(C(=O)O)cc2)C1=O. The molecule has 28 heavy (non-hydrogen) atoms. The highest BCUT2D eigenvalue weighted by Crippen LogP contribution is 2.31. The summed E-state index contributed by atoms with van der Waals surface area (Å²) in [5, 5.41) is 12.2. The molecule has 0 radical (unpaired) electrons. The molecule has 8 heteroatoms. The lowest BCUT2D eigenvalue weighted by molar-refractivity contribution is -0.121. The summed E-state index contributed by atoms with van der Waals surface area (Å²) in [4.78, 5) is 41.7. The maximum absolute atomic E-state index is 12.8. The van der Waals surface area contributed by atoms with Crippen LogP contribution in [0, 0.1) is 0 Å². The van der Waals surface area contributed by atoms with Crippen molar-refractivity contribution in [3.8, 4) is 0 Å². The van der Waals surface area contributed by atoms with E-state index in [-0.39, 0.29) is 23.8 Å². The summed E-state index contributed by atoms with van der Waals surface area (Å²) >= 11 is 1.22. The van der Waals surface area contributed by atoms with Gasteiger partial charge in [-0.25, -0.2) is 9.69 Å². The number of benzene rings is 2. The van der Waals surface area contributed by atoms with Crippen molar-refractivity contribution in [2.24, 2.45) is 4.99 Å². The highest BCUT2D eigenvalue weighted by molar-refractivity contribution is 8.15. The van der Waals surface area contributed by atoms with Gasteiger partial charge in [-0.2, -0.15) is 0 Å². The van der Waals surface area contributed by atoms with Crippen LogP contribution in [0.4, 0.5) is 11.4 Å². The van der Waals surface area contributed by atoms with Crippen LogP contribution in [0.5, 0.6) is 0 Å². The number of anilines is 2. The Morgan fingerprint density at radius 1 is 1.18 bits per heavy atom. The lowest BCUT2D eigenvalue weighted by atomic mass is 10.2. The van der Waals surface area contributed by atoms with Gasteiger partial charge in [-0.15, -0.1) is 0 Å². The summed E-state index contributed by atoms with van der Waals surface area (Å²) in [5.74, 6) is -1.72. The second kappa shape index (κ2) is 8.71. The zero-order valence-corrected chi connectivity index (χ0v) is 16.0. The molecule has 3 rings (SSSR count). The maximum atomic E-state index is 12.8. The van der Waals surface area contributed by atoms with E-state index in [0.717, 1.165) is 10.6 Å². The summed E-state index contributed by atoms with van der Waals surface area (Å²) in [6.07, 6.45) is 0.0589. The Labute approximate surface area is 166 Å². The Morgan fingerprint density at radius 2 is 1.86 bits per heavy atom. The molecule has 2 aromatic carbocycles. The number of rotatable bonds is 5. The van der Waals surface area contributed by atoms with Crippen molar-refractivity contribution in [1.82, 2.24) is 0 Å². The zero-order valence-electron chi connectivity index (χ0n) is 15.2. The lowest BCUT2D eigenvalue weighted by Crippen LogP contribution is -2.31. The number of carboxylic acid groups (broad SMARTS) is 1. The molecule has 0 aliphatic carbocycles. The lowest BCUT2D eigenvalue weighted by Gasteiger charge is -2.16. The predicted molar refractivity (Wildman–Crippen MR) is 110 cm³/mol. The van der Waals surface area contributed by atoms with E-state index < -0.39 is 11.2 Å². The van der Waals surface area contributed by atoms with Crippen molar-refractivity contribution >= 4 is 46.1 Å². The number of carboxylic acids is 1. The maximum Gasteiger partial charge on any atom is 0.335 e. The number of amidine groups is 1. The van der Waals surface area contributed by atoms with E-state index in [1.165, 1.54) is 36.0 Å². The molecule has 7 nitrogen and oxygen atoms in total. The molecule has 1 aliphatic heterocycles. The van der Waals surface area contributed by atoms with Crippen molar-refractivity contribution in [2.75, 3.05) is 16.8 Å². The van der Waals surface area contributed by atoms with E-state index >= 15 is 0 Å². The van der Waals surface area contributed by atoms with Crippen molar-refractivity contribution in [2.45, 2.75) is 18.6 Å². The third-order valence-electron chi connectivity index (χ3n) is 4.06. The van der Waals surface area contributed by atoms with Crippen LogP contribution in [0.2, 0.25) is 0 Å². The Morgan fingerprint density at radius 3 is 2.46 bits per heavy atom. The van der Waals surface area contributed by atoms with Gasteiger partial charge in [0.25, 0.3) is 0 Å². The predicted octanol–water partition coefficient (Wildman–Crippen LogP) is 3.24. The number of carbonyl (C=O) groups is 3. The van der Waals surface area contributed by atoms with E-state index in [9.17, 15) is 14.4 Å². The van der Waals surface area contributed by atoms with E-state index in [1.807, 2.05) is 37.3 Å². The second-order valence-electron chi connectivity index (χ2n) is 6.00. The molecule has 144 valence electrons. The highest BCUT2D eigenvalue weighted by atomic mass is 32.2. The van der Waals surface area contributed by atoms with Gasteiger partial charge in [-0.3, -0.25) is 14.6 Å². The molecule has 1 heterocycles. The van der Waals surface area contributed by atoms with E-state index in [0.29, 0.717) is 17.4 Å². The number of carbonyl (C=O) groups excluding carboxylic acids is 2. The van der Waals surface area contributed by atoms with Crippen LogP contribution < -0.4 is 10.2 Å². The molecule has 1 unspecified atom stereocenters. The summed E-state index contributed by atoms with van der Waals surface area (Å²) in [6, 6.07) is 15.2. The van der Waals surface area contributed by atoms with Crippen LogP contribution in [0.15, 0.2) is 59.6 Å². The molecule has 2 amide bonds. The molecular weight excluding hydrogens is 378 g/mol. The summed E-state index contributed by atoms with van der Waals surface area (Å²) in [5.41, 5.74) is 1.31. The molecule has 2 N–H and O–H groups in total. The Kier molecular flexibility index (Phi) is 6.10. The fourth-order valence-corrected chi connectivity index (χ4v) is 3.83. The number of amides is 2. The number of thioether (sulfide) groups is 1. The average molecular weight is 397 g/mol. The molecule has 0 saturated carbocycles. The molecule has 1 atom stereocenters. The normalized spacial score (nSPS) is 17.1. The monoisotopic (exact) mass is 397 g/mol. The summed E-state index contributed by atoms with van der Waals surface area (Å²) in [7, 11) is 0. The first-order chi connectivity index (χ1) is 13.5. The highest BCUT2D eigenvalue weighted by Gasteiger charge is 2.40. The smallest absolute Gasteiger partial charge is 0.335 e. The van der Waals surface area contributed by atoms with Crippen LogP contribution >= 0.6 is 11.8 Å². The standard InChI is InChI=1S/C20H19N3O4S/c1-2-21-20(22-14-6-4-3-5-7-14)28-16-12-17(24)23(18(16)25)15-10-8-13(9-11-15)19(26)27/h3-11,16H,2,12H2,1H3,(H,21,22)(H,26,27). The molecule has 2 aromatic rings. The quantitative estimate of drug-likeness (QED) is 0.457. The topological polar surface area (TPSA) is 99.1 Å². The molecule has 0 aromatic heterocycles. The van der Waals surface area contributed by atoms with Gasteiger partial charge >= 0.3 is 5.97 Å². The Balaban J connectivity index is 1.74. The number of aromatic carboxylic acids is 1. The first-order valence-corrected chi connectivity index (χ1v) is 9.61. The number of hydrogen-bond acceptors (Lipinski definition) is 5. The van der Waals surface area contributed by atoms with E-state index in [1.54, 1.807) is 0 Å². The number of nitrogens with one attached hydrogen (secondary N) is 1. The number of imide groups is 1. The third kappa shape index (κ3) is 4.40. The van der Waals surface area contributed by atoms with Crippen LogP contribution in [0.1, 0.15) is 23.7 Å². The van der Waals surface area contributed by atoms with Gasteiger partial charge in [0, 0.05) is 18.7 Å². The van der Waals surface area contributed by atoms with Gasteiger partial charge < -0.3 is 10.4 Å². The average Bonchev–Trinajstić information content (AvgIpc) is 2.96. The zero-order chi connectivity index (χ0) is 20.1. The minimum absolute atomic E-state index is 0.0589. The second-order valence-corrected chi connectivity index (χ2v) is 7.19. The van der Waals surface area contributed by atoms with Gasteiger partial charge in [0.1, 0.15) is 5.25 Å². The van der Waals surface area contributed by atoms with E-state index in [4.69, 9.17) is 5.11 Å². The number of nitrogens with zero attached hydrogens (tertiary/aromatic N) is 2. The number of hydrogen-bond donors (Lipinski definition) is 2. The van der Waals surface area contributed by atoms with Crippen molar-refractivity contribution in [1.29, 1.82) is 0 Å². The van der Waals surface area contributed by atoms with Gasteiger partial charge in [-0.1, -0.05) is 30.0 Å². The first kappa shape index (κ1) is 19.6. The summed E-state index contributed by atoms with van der Waals surface area (Å²) in [6.45, 7) is 2.43. The fourth-order valence-electron chi connectivity index (χ4n) is 2.75. The van der Waals surface area contributed by atoms with Crippen LogP contribution in [0.3, 0.4) is 0 Å². The minimum atomic E-state index is -1.06. The molecule has 0 bridgehead atoms. The van der Waals surface area contributed by atoms with Crippen LogP contribution in [-0.2, 0) is 9.59 Å². The van der Waals surface area contributed by atoms with Crippen LogP contribution in [-0.4, -0.2) is 39.9 Å². The molecule has 1 saturated heterocycles. The molecule has 1 aliphatic rings. The van der Waals surface area contributed by atoms with Gasteiger partial charge in [-0.05, 0) is 43.3 Å². The molecule has 0 spiro atoms. The van der Waals surface area contributed by atoms with Crippen molar-refractivity contribution in [3.63, 3.8) is 0 Å². The van der Waals surface area contributed by atoms with Crippen molar-refractivity contribution < 1.29 is 19.5 Å². The number of para-hydroxylation sites is 1. The Hall–Kier alpha value is -3.13. The summed E-state index contributed by atoms with van der Waals surface area (Å²) < 4.78 is 0. The van der Waals surface area contributed by atoms with Crippen LogP contribution in [0.25, 0.3) is 0 Å². The largest absolute Gasteiger partial charge is 0.478 e. The van der Waals surface area contributed by atoms with Gasteiger partial charge in [0.2, 0.25) is 11.8 Å². The van der Waals surface area contributed by atoms with Gasteiger partial charge in [0.05, 0.1) is 11.3 Å². The number of aliphatic imine (C=N–C) groups is 1. The Bertz CT molecular complexity index is 913. The third-order valence-corrected chi connectivity index (χ3v) is 5.17. The molecular formula is C20H19N3O4S.